The minimum atomic E-state index is -1.23. The molecule has 5 N–H and O–H groups in total. The maximum absolute atomic E-state index is 10.4. The van der Waals surface area contributed by atoms with Gasteiger partial charge in [-0.25, -0.2) is 4.79 Å². The number of carboxylic acid groups (broad SMARTS) is 2. The number of hydrogen-bond acceptors (Lipinski definition) is 4. The summed E-state index contributed by atoms with van der Waals surface area (Å²) in [6.45, 7) is 1.20. The molecule has 18 heavy (non-hydrogen) atoms. The van der Waals surface area contributed by atoms with E-state index in [9.17, 15) is 9.59 Å². The predicted octanol–water partition coefficient (Wildman–Crippen LogP) is 0.0928. The Morgan fingerprint density at radius 3 is 1.94 bits per heavy atom. The first kappa shape index (κ1) is 16.1. The molecular formula is C12H17NO5. The molecule has 0 saturated heterocycles. The number of benzene rings is 1. The monoisotopic (exact) mass is 255 g/mol. The maximum atomic E-state index is 10.4. The van der Waals surface area contributed by atoms with E-state index < -0.39 is 24.1 Å². The molecule has 2 atom stereocenters. The molecular weight excluding hydrogens is 238 g/mol. The van der Waals surface area contributed by atoms with Crippen molar-refractivity contribution in [3.05, 3.63) is 35.9 Å². The first-order chi connectivity index (χ1) is 8.34. The lowest BCUT2D eigenvalue weighted by Crippen LogP contribution is -2.32. The Balaban J connectivity index is 0.000000411. The average Bonchev–Trinajstić information content (AvgIpc) is 2.30. The van der Waals surface area contributed by atoms with Crippen LogP contribution in [-0.2, 0) is 16.0 Å². The number of rotatable bonds is 4. The van der Waals surface area contributed by atoms with Crippen molar-refractivity contribution in [1.82, 2.24) is 0 Å². The van der Waals surface area contributed by atoms with Gasteiger partial charge in [-0.3, -0.25) is 4.79 Å². The average molecular weight is 255 g/mol. The molecule has 0 amide bonds. The summed E-state index contributed by atoms with van der Waals surface area (Å²) < 4.78 is 0. The predicted molar refractivity (Wildman–Crippen MR) is 65.1 cm³/mol. The highest BCUT2D eigenvalue weighted by molar-refractivity contribution is 5.73. The van der Waals surface area contributed by atoms with Gasteiger partial charge in [0.25, 0.3) is 0 Å². The topological polar surface area (TPSA) is 121 Å². The zero-order chi connectivity index (χ0) is 14.1. The fourth-order valence-electron chi connectivity index (χ4n) is 0.955. The second-order valence-electron chi connectivity index (χ2n) is 3.65. The summed E-state index contributed by atoms with van der Waals surface area (Å²) in [7, 11) is 0. The molecule has 1 aromatic carbocycles. The van der Waals surface area contributed by atoms with Crippen molar-refractivity contribution < 1.29 is 24.9 Å². The summed E-state index contributed by atoms with van der Waals surface area (Å²) in [4.78, 5) is 19.8. The van der Waals surface area contributed by atoms with Crippen LogP contribution in [0, 0.1) is 0 Å². The molecule has 0 aromatic heterocycles. The van der Waals surface area contributed by atoms with Crippen molar-refractivity contribution in [3.8, 4) is 0 Å². The van der Waals surface area contributed by atoms with Gasteiger partial charge in [0.05, 0.1) is 0 Å². The zero-order valence-corrected chi connectivity index (χ0v) is 9.98. The highest BCUT2D eigenvalue weighted by Crippen LogP contribution is 2.01. The smallest absolute Gasteiger partial charge is 0.332 e. The van der Waals surface area contributed by atoms with Crippen molar-refractivity contribution in [3.63, 3.8) is 0 Å². The summed E-state index contributed by atoms with van der Waals surface area (Å²) in [5.74, 6) is -2.14. The van der Waals surface area contributed by atoms with Crippen LogP contribution in [0.4, 0.5) is 0 Å². The number of aliphatic hydroxyl groups excluding tert-OH is 1. The number of aliphatic carboxylic acids is 2. The van der Waals surface area contributed by atoms with E-state index in [4.69, 9.17) is 21.1 Å². The van der Waals surface area contributed by atoms with E-state index in [0.29, 0.717) is 6.42 Å². The SMILES string of the molecule is CC(O)C(=O)O.N[C@@H](Cc1ccccc1)C(=O)O. The fourth-order valence-corrected chi connectivity index (χ4v) is 0.955. The minimum absolute atomic E-state index is 0.385. The molecule has 0 aliphatic carbocycles. The van der Waals surface area contributed by atoms with Gasteiger partial charge in [-0.15, -0.1) is 0 Å². The van der Waals surface area contributed by atoms with E-state index in [1.54, 1.807) is 0 Å². The van der Waals surface area contributed by atoms with Gasteiger partial charge in [0.15, 0.2) is 0 Å². The first-order valence-electron chi connectivity index (χ1n) is 5.27. The van der Waals surface area contributed by atoms with Gasteiger partial charge in [-0.05, 0) is 18.9 Å². The molecule has 100 valence electrons. The largest absolute Gasteiger partial charge is 0.480 e. The fraction of sp³-hybridized carbons (Fsp3) is 0.333. The molecule has 1 rings (SSSR count). The second kappa shape index (κ2) is 8.21. The third kappa shape index (κ3) is 7.37. The lowest BCUT2D eigenvalue weighted by Gasteiger charge is -2.04. The van der Waals surface area contributed by atoms with Gasteiger partial charge in [-0.1, -0.05) is 30.3 Å². The van der Waals surface area contributed by atoms with Crippen LogP contribution in [0.3, 0.4) is 0 Å². The van der Waals surface area contributed by atoms with Crippen molar-refractivity contribution in [2.24, 2.45) is 5.73 Å². The molecule has 0 heterocycles. The van der Waals surface area contributed by atoms with Crippen molar-refractivity contribution in [2.45, 2.75) is 25.5 Å². The van der Waals surface area contributed by atoms with Gasteiger partial charge in [0.2, 0.25) is 0 Å². The number of carboxylic acids is 2. The van der Waals surface area contributed by atoms with Crippen LogP contribution in [-0.4, -0.2) is 39.4 Å². The van der Waals surface area contributed by atoms with Crippen LogP contribution in [0.5, 0.6) is 0 Å². The Labute approximate surface area is 105 Å². The Kier molecular flexibility index (Phi) is 7.34. The number of nitrogens with two attached hydrogens (primary N) is 1. The molecule has 0 fully saturated rings. The van der Waals surface area contributed by atoms with Crippen LogP contribution >= 0.6 is 0 Å². The Hall–Kier alpha value is -1.92. The van der Waals surface area contributed by atoms with Crippen molar-refractivity contribution in [1.29, 1.82) is 0 Å². The van der Waals surface area contributed by atoms with E-state index in [1.165, 1.54) is 6.92 Å². The van der Waals surface area contributed by atoms with Gasteiger partial charge in [0, 0.05) is 0 Å². The quantitative estimate of drug-likeness (QED) is 0.605. The first-order valence-corrected chi connectivity index (χ1v) is 5.27. The number of carbonyl (C=O) groups is 2. The van der Waals surface area contributed by atoms with Gasteiger partial charge < -0.3 is 21.1 Å². The second-order valence-corrected chi connectivity index (χ2v) is 3.65. The molecule has 6 nitrogen and oxygen atoms in total. The molecule has 6 heteroatoms. The standard InChI is InChI=1S/C9H11NO2.C3H6O3/c10-8(9(11)12)6-7-4-2-1-3-5-7;1-2(4)3(5)6/h1-5,8H,6,10H2,(H,11,12);2,4H,1H3,(H,5,6)/t8-;/m0./s1. The third-order valence-electron chi connectivity index (χ3n) is 1.97. The van der Waals surface area contributed by atoms with Crippen LogP contribution in [0.25, 0.3) is 0 Å². The van der Waals surface area contributed by atoms with E-state index in [2.05, 4.69) is 0 Å². The van der Waals surface area contributed by atoms with Gasteiger partial charge in [0.1, 0.15) is 12.1 Å². The molecule has 0 saturated carbocycles. The normalized spacial score (nSPS) is 12.8. The van der Waals surface area contributed by atoms with E-state index in [0.717, 1.165) is 5.56 Å². The minimum Gasteiger partial charge on any atom is -0.480 e. The van der Waals surface area contributed by atoms with E-state index in [-0.39, 0.29) is 0 Å². The summed E-state index contributed by atoms with van der Waals surface area (Å²) in [6.07, 6.45) is -0.846. The summed E-state index contributed by atoms with van der Waals surface area (Å²) in [5, 5.41) is 24.3. The van der Waals surface area contributed by atoms with E-state index >= 15 is 0 Å². The lowest BCUT2D eigenvalue weighted by molar-refractivity contribution is -0.145. The summed E-state index contributed by atoms with van der Waals surface area (Å²) in [5.41, 5.74) is 6.30. The van der Waals surface area contributed by atoms with Crippen LogP contribution in [0.2, 0.25) is 0 Å². The Morgan fingerprint density at radius 1 is 1.17 bits per heavy atom. The molecule has 0 aliphatic rings. The van der Waals surface area contributed by atoms with Gasteiger partial charge >= 0.3 is 11.9 Å². The van der Waals surface area contributed by atoms with Crippen LogP contribution in [0.1, 0.15) is 12.5 Å². The summed E-state index contributed by atoms with van der Waals surface area (Å²) in [6, 6.07) is 8.54. The van der Waals surface area contributed by atoms with Crippen molar-refractivity contribution in [2.75, 3.05) is 0 Å². The molecule has 0 spiro atoms. The van der Waals surface area contributed by atoms with Gasteiger partial charge in [-0.2, -0.15) is 0 Å². The molecule has 0 radical (unpaired) electrons. The van der Waals surface area contributed by atoms with Crippen molar-refractivity contribution >= 4 is 11.9 Å². The summed E-state index contributed by atoms with van der Waals surface area (Å²) >= 11 is 0. The number of aliphatic hydroxyl groups is 1. The third-order valence-corrected chi connectivity index (χ3v) is 1.97. The molecule has 0 aliphatic heterocycles. The molecule has 0 bridgehead atoms. The zero-order valence-electron chi connectivity index (χ0n) is 9.98. The molecule has 1 unspecified atom stereocenters. The maximum Gasteiger partial charge on any atom is 0.332 e. The van der Waals surface area contributed by atoms with Crippen LogP contribution < -0.4 is 5.73 Å². The number of hydrogen-bond donors (Lipinski definition) is 4. The van der Waals surface area contributed by atoms with E-state index in [1.807, 2.05) is 30.3 Å². The Morgan fingerprint density at radius 2 is 1.61 bits per heavy atom. The highest BCUT2D eigenvalue weighted by Gasteiger charge is 2.10. The highest BCUT2D eigenvalue weighted by atomic mass is 16.4. The Bertz CT molecular complexity index is 377. The van der Waals surface area contributed by atoms with Crippen LogP contribution in [0.15, 0.2) is 30.3 Å². The lowest BCUT2D eigenvalue weighted by atomic mass is 10.1. The molecule has 1 aromatic rings.